The first kappa shape index (κ1) is 15.3. The van der Waals surface area contributed by atoms with Gasteiger partial charge in [-0.2, -0.15) is 5.26 Å². The minimum Gasteiger partial charge on any atom is -0.399 e. The van der Waals surface area contributed by atoms with E-state index in [-0.39, 0.29) is 26.3 Å². The van der Waals surface area contributed by atoms with Crippen LogP contribution in [0.4, 0.5) is 15.8 Å². The van der Waals surface area contributed by atoms with E-state index in [0.29, 0.717) is 0 Å². The maximum absolute atomic E-state index is 13.1. The fraction of sp³-hybridized carbons (Fsp3) is 0. The quantitative estimate of drug-likeness (QED) is 0.812. The first-order valence-corrected chi connectivity index (χ1v) is 7.88. The van der Waals surface area contributed by atoms with Gasteiger partial charge in [-0.1, -0.05) is 0 Å². The average molecular weight is 370 g/mol. The Labute approximate surface area is 129 Å². The first-order valence-electron chi connectivity index (χ1n) is 5.61. The molecule has 0 bridgehead atoms. The van der Waals surface area contributed by atoms with Crippen molar-refractivity contribution < 1.29 is 12.8 Å². The van der Waals surface area contributed by atoms with Gasteiger partial charge in [0.15, 0.2) is 0 Å². The summed E-state index contributed by atoms with van der Waals surface area (Å²) in [6.45, 7) is 0. The van der Waals surface area contributed by atoms with Crippen molar-refractivity contribution in [2.75, 3.05) is 10.5 Å². The molecule has 2 aromatic carbocycles. The van der Waals surface area contributed by atoms with Gasteiger partial charge in [-0.15, -0.1) is 0 Å². The third kappa shape index (κ3) is 3.32. The van der Waals surface area contributed by atoms with Gasteiger partial charge >= 0.3 is 0 Å². The summed E-state index contributed by atoms with van der Waals surface area (Å²) in [4.78, 5) is -0.195. The van der Waals surface area contributed by atoms with E-state index in [4.69, 9.17) is 11.0 Å². The molecule has 0 aromatic heterocycles. The lowest BCUT2D eigenvalue weighted by Gasteiger charge is -2.10. The normalized spacial score (nSPS) is 10.9. The molecule has 0 aliphatic heterocycles. The largest absolute Gasteiger partial charge is 0.399 e. The van der Waals surface area contributed by atoms with Gasteiger partial charge in [0, 0.05) is 5.69 Å². The molecule has 0 unspecified atom stereocenters. The van der Waals surface area contributed by atoms with Gasteiger partial charge in [-0.25, -0.2) is 12.8 Å². The highest BCUT2D eigenvalue weighted by molar-refractivity contribution is 9.10. The van der Waals surface area contributed by atoms with E-state index in [0.717, 1.165) is 6.07 Å². The number of halogens is 2. The fourth-order valence-corrected chi connectivity index (χ4v) is 3.21. The zero-order chi connectivity index (χ0) is 15.6. The van der Waals surface area contributed by atoms with Crippen LogP contribution in [0.5, 0.6) is 0 Å². The van der Waals surface area contributed by atoms with Gasteiger partial charge in [0.25, 0.3) is 10.0 Å². The molecule has 0 heterocycles. The summed E-state index contributed by atoms with van der Waals surface area (Å²) in [5.41, 5.74) is 5.91. The molecule has 0 amide bonds. The number of hydrogen-bond donors (Lipinski definition) is 2. The molecule has 0 aliphatic rings. The lowest BCUT2D eigenvalue weighted by atomic mass is 10.2. The molecule has 2 aromatic rings. The van der Waals surface area contributed by atoms with Crippen molar-refractivity contribution in [3.8, 4) is 6.07 Å². The average Bonchev–Trinajstić information content (AvgIpc) is 2.42. The Bertz CT molecular complexity index is 847. The highest BCUT2D eigenvalue weighted by atomic mass is 79.9. The summed E-state index contributed by atoms with van der Waals surface area (Å²) < 4.78 is 40.1. The van der Waals surface area contributed by atoms with E-state index in [2.05, 4.69) is 20.7 Å². The molecule has 0 saturated carbocycles. The SMILES string of the molecule is N#Cc1cc(N)ccc1S(=O)(=O)Nc1ccc(F)c(Br)c1. The van der Waals surface area contributed by atoms with Gasteiger partial charge < -0.3 is 5.73 Å². The van der Waals surface area contributed by atoms with Crippen LogP contribution in [0, 0.1) is 17.1 Å². The van der Waals surface area contributed by atoms with Crippen LogP contribution in [-0.2, 0) is 10.0 Å². The number of nitrogens with zero attached hydrogens (tertiary/aromatic N) is 1. The van der Waals surface area contributed by atoms with Crippen molar-refractivity contribution >= 4 is 37.3 Å². The molecule has 0 spiro atoms. The van der Waals surface area contributed by atoms with Gasteiger partial charge in [0.2, 0.25) is 0 Å². The third-order valence-corrected chi connectivity index (χ3v) is 4.63. The Morgan fingerprint density at radius 3 is 2.57 bits per heavy atom. The van der Waals surface area contributed by atoms with E-state index >= 15 is 0 Å². The first-order chi connectivity index (χ1) is 9.83. The van der Waals surface area contributed by atoms with Crippen molar-refractivity contribution in [3.05, 3.63) is 52.3 Å². The summed E-state index contributed by atoms with van der Waals surface area (Å²) in [5, 5.41) is 9.00. The van der Waals surface area contributed by atoms with Crippen LogP contribution in [0.2, 0.25) is 0 Å². The molecule has 0 radical (unpaired) electrons. The monoisotopic (exact) mass is 369 g/mol. The van der Waals surface area contributed by atoms with E-state index < -0.39 is 15.8 Å². The zero-order valence-electron chi connectivity index (χ0n) is 10.5. The molecule has 0 atom stereocenters. The van der Waals surface area contributed by atoms with E-state index in [1.807, 2.05) is 0 Å². The number of sulfonamides is 1. The number of rotatable bonds is 3. The summed E-state index contributed by atoms with van der Waals surface area (Å²) in [6.07, 6.45) is 0. The Morgan fingerprint density at radius 2 is 1.95 bits per heavy atom. The maximum Gasteiger partial charge on any atom is 0.263 e. The number of nitrogens with two attached hydrogens (primary N) is 1. The lowest BCUT2D eigenvalue weighted by Crippen LogP contribution is -2.14. The molecule has 0 saturated heterocycles. The molecule has 8 heteroatoms. The smallest absolute Gasteiger partial charge is 0.263 e. The van der Waals surface area contributed by atoms with Crippen molar-refractivity contribution in [1.29, 1.82) is 5.26 Å². The molecule has 108 valence electrons. The van der Waals surface area contributed by atoms with Crippen LogP contribution in [-0.4, -0.2) is 8.42 Å². The third-order valence-electron chi connectivity index (χ3n) is 2.59. The van der Waals surface area contributed by atoms with Crippen molar-refractivity contribution in [2.45, 2.75) is 4.90 Å². The number of benzene rings is 2. The number of nitrogen functional groups attached to an aromatic ring is 1. The standard InChI is InChI=1S/C13H9BrFN3O2S/c14-11-6-10(2-3-12(11)15)18-21(19,20)13-4-1-9(17)5-8(13)7-16/h1-6,18H,17H2. The fourth-order valence-electron chi connectivity index (χ4n) is 1.64. The van der Waals surface area contributed by atoms with Crippen LogP contribution in [0.15, 0.2) is 45.8 Å². The topological polar surface area (TPSA) is 96.0 Å². The van der Waals surface area contributed by atoms with Crippen LogP contribution < -0.4 is 10.5 Å². The lowest BCUT2D eigenvalue weighted by molar-refractivity contribution is 0.600. The molecule has 2 rings (SSSR count). The van der Waals surface area contributed by atoms with Gasteiger partial charge in [-0.3, -0.25) is 4.72 Å². The van der Waals surface area contributed by atoms with Gasteiger partial charge in [0.05, 0.1) is 15.7 Å². The molecule has 0 aliphatic carbocycles. The zero-order valence-corrected chi connectivity index (χ0v) is 12.9. The molecule has 5 nitrogen and oxygen atoms in total. The minimum absolute atomic E-state index is 0.0660. The molecular formula is C13H9BrFN3O2S. The van der Waals surface area contributed by atoms with E-state index in [9.17, 15) is 12.8 Å². The van der Waals surface area contributed by atoms with Crippen LogP contribution in [0.3, 0.4) is 0 Å². The van der Waals surface area contributed by atoms with E-state index in [1.54, 1.807) is 6.07 Å². The number of nitriles is 1. The predicted molar refractivity (Wildman–Crippen MR) is 80.5 cm³/mol. The molecule has 21 heavy (non-hydrogen) atoms. The summed E-state index contributed by atoms with van der Waals surface area (Å²) in [5.74, 6) is -0.511. The van der Waals surface area contributed by atoms with Crippen molar-refractivity contribution in [3.63, 3.8) is 0 Å². The van der Waals surface area contributed by atoms with Crippen LogP contribution >= 0.6 is 15.9 Å². The number of nitrogens with one attached hydrogen (secondary N) is 1. The molecular weight excluding hydrogens is 361 g/mol. The van der Waals surface area contributed by atoms with Gasteiger partial charge in [-0.05, 0) is 52.3 Å². The minimum atomic E-state index is -3.97. The summed E-state index contributed by atoms with van der Waals surface area (Å²) in [7, 11) is -3.97. The Balaban J connectivity index is 2.43. The van der Waals surface area contributed by atoms with Crippen LogP contribution in [0.1, 0.15) is 5.56 Å². The Hall–Kier alpha value is -2.11. The second kappa shape index (κ2) is 5.71. The highest BCUT2D eigenvalue weighted by Gasteiger charge is 2.19. The highest BCUT2D eigenvalue weighted by Crippen LogP contribution is 2.24. The van der Waals surface area contributed by atoms with Crippen molar-refractivity contribution in [1.82, 2.24) is 0 Å². The summed E-state index contributed by atoms with van der Waals surface area (Å²) in [6, 6.07) is 9.37. The van der Waals surface area contributed by atoms with Crippen LogP contribution in [0.25, 0.3) is 0 Å². The molecule has 3 N–H and O–H groups in total. The second-order valence-corrected chi connectivity index (χ2v) is 6.61. The summed E-state index contributed by atoms with van der Waals surface area (Å²) >= 11 is 2.97. The van der Waals surface area contributed by atoms with Crippen molar-refractivity contribution in [2.24, 2.45) is 0 Å². The van der Waals surface area contributed by atoms with Gasteiger partial charge in [0.1, 0.15) is 16.8 Å². The Morgan fingerprint density at radius 1 is 1.24 bits per heavy atom. The van der Waals surface area contributed by atoms with E-state index in [1.165, 1.54) is 30.3 Å². The number of hydrogen-bond acceptors (Lipinski definition) is 4. The second-order valence-electron chi connectivity index (χ2n) is 4.10. The molecule has 0 fully saturated rings. The number of anilines is 2. The maximum atomic E-state index is 13.1. The Kier molecular flexibility index (Phi) is 4.16. The predicted octanol–water partition coefficient (Wildman–Crippen LogP) is 2.84.